The van der Waals surface area contributed by atoms with Crippen LogP contribution in [0.5, 0.6) is 5.75 Å². The van der Waals surface area contributed by atoms with Gasteiger partial charge in [0.05, 0.1) is 13.2 Å². The number of carbonyl (C=O) groups is 1. The number of amides is 1. The van der Waals surface area contributed by atoms with E-state index in [0.29, 0.717) is 18.7 Å². The Kier molecular flexibility index (Phi) is 10.4. The fourth-order valence-corrected chi connectivity index (χ4v) is 1.73. The molecule has 0 aliphatic rings. The molecular weight excluding hydrogens is 349 g/mol. The fraction of sp³-hybridized carbons (Fsp3) is 0.533. The topological polar surface area (TPSA) is 59.6 Å². The molecule has 0 radical (unpaired) electrons. The number of carbonyl (C=O) groups excluding carboxylic acids is 1. The Bertz CT molecular complexity index is 513. The molecule has 0 aliphatic carbocycles. The first kappa shape index (κ1) is 22.5. The van der Waals surface area contributed by atoms with Crippen LogP contribution in [0.25, 0.3) is 0 Å². The molecule has 0 saturated carbocycles. The summed E-state index contributed by atoms with van der Waals surface area (Å²) < 4.78 is 46.5. The summed E-state index contributed by atoms with van der Waals surface area (Å²) in [4.78, 5) is 11.6. The van der Waals surface area contributed by atoms with Crippen molar-refractivity contribution in [3.8, 4) is 5.75 Å². The second kappa shape index (κ2) is 11.1. The van der Waals surface area contributed by atoms with Crippen LogP contribution in [-0.2, 0) is 16.1 Å². The lowest BCUT2D eigenvalue weighted by atomic mass is 10.1. The van der Waals surface area contributed by atoms with Gasteiger partial charge in [-0.05, 0) is 18.6 Å². The van der Waals surface area contributed by atoms with Crippen LogP contribution in [0.1, 0.15) is 11.1 Å². The van der Waals surface area contributed by atoms with Crippen molar-refractivity contribution in [2.75, 3.05) is 33.4 Å². The van der Waals surface area contributed by atoms with Crippen LogP contribution >= 0.6 is 12.4 Å². The molecular formula is C15H22ClF3N2O3. The number of hydrogen-bond acceptors (Lipinski definition) is 4. The van der Waals surface area contributed by atoms with Crippen molar-refractivity contribution in [2.45, 2.75) is 19.6 Å². The molecule has 1 amide bonds. The number of ether oxygens (including phenoxy) is 2. The SMILES string of the molecule is COCCNCC(=O)NCc1ccc(C)cc1OCC(F)(F)F.Cl. The lowest BCUT2D eigenvalue weighted by molar-refractivity contribution is -0.153. The van der Waals surface area contributed by atoms with Gasteiger partial charge < -0.3 is 20.1 Å². The number of methoxy groups -OCH3 is 1. The number of halogens is 4. The van der Waals surface area contributed by atoms with Crippen molar-refractivity contribution < 1.29 is 27.4 Å². The molecule has 0 aliphatic heterocycles. The summed E-state index contributed by atoms with van der Waals surface area (Å²) in [6.45, 7) is 1.61. The van der Waals surface area contributed by atoms with Crippen molar-refractivity contribution in [2.24, 2.45) is 0 Å². The highest BCUT2D eigenvalue weighted by atomic mass is 35.5. The van der Waals surface area contributed by atoms with Crippen LogP contribution in [0.15, 0.2) is 18.2 Å². The monoisotopic (exact) mass is 370 g/mol. The first-order valence-electron chi connectivity index (χ1n) is 7.07. The average molecular weight is 371 g/mol. The van der Waals surface area contributed by atoms with E-state index in [-0.39, 0.29) is 37.2 Å². The molecule has 1 aromatic carbocycles. The summed E-state index contributed by atoms with van der Waals surface area (Å²) >= 11 is 0. The summed E-state index contributed by atoms with van der Waals surface area (Å²) in [5.41, 5.74) is 1.27. The number of nitrogens with one attached hydrogen (secondary N) is 2. The van der Waals surface area contributed by atoms with Crippen LogP contribution < -0.4 is 15.4 Å². The zero-order valence-electron chi connectivity index (χ0n) is 13.5. The van der Waals surface area contributed by atoms with E-state index < -0.39 is 12.8 Å². The van der Waals surface area contributed by atoms with Gasteiger partial charge in [-0.15, -0.1) is 12.4 Å². The molecule has 2 N–H and O–H groups in total. The third kappa shape index (κ3) is 9.59. The lowest BCUT2D eigenvalue weighted by Gasteiger charge is -2.14. The molecule has 0 saturated heterocycles. The first-order chi connectivity index (χ1) is 10.8. The Morgan fingerprint density at radius 2 is 2.00 bits per heavy atom. The van der Waals surface area contributed by atoms with Crippen molar-refractivity contribution in [3.63, 3.8) is 0 Å². The van der Waals surface area contributed by atoms with Gasteiger partial charge >= 0.3 is 6.18 Å². The molecule has 5 nitrogen and oxygen atoms in total. The Hall–Kier alpha value is -1.51. The minimum atomic E-state index is -4.41. The molecule has 1 aromatic rings. The summed E-state index contributed by atoms with van der Waals surface area (Å²) in [5, 5.41) is 5.50. The molecule has 0 aromatic heterocycles. The molecule has 0 fully saturated rings. The third-order valence-corrected chi connectivity index (χ3v) is 2.86. The van der Waals surface area contributed by atoms with Crippen molar-refractivity contribution in [1.82, 2.24) is 10.6 Å². The van der Waals surface area contributed by atoms with Gasteiger partial charge in [0.15, 0.2) is 6.61 Å². The summed E-state index contributed by atoms with van der Waals surface area (Å²) in [5.74, 6) is -0.140. The molecule has 0 heterocycles. The Labute approximate surface area is 145 Å². The minimum Gasteiger partial charge on any atom is -0.484 e. The third-order valence-electron chi connectivity index (χ3n) is 2.86. The van der Waals surface area contributed by atoms with Crippen LogP contribution in [0.2, 0.25) is 0 Å². The average Bonchev–Trinajstić information content (AvgIpc) is 2.48. The molecule has 0 atom stereocenters. The molecule has 1 rings (SSSR count). The number of rotatable bonds is 9. The number of aryl methyl sites for hydroxylation is 1. The van der Waals surface area contributed by atoms with Crippen LogP contribution in [0, 0.1) is 6.92 Å². The van der Waals surface area contributed by atoms with Gasteiger partial charge in [-0.3, -0.25) is 4.79 Å². The first-order valence-corrected chi connectivity index (χ1v) is 7.07. The van der Waals surface area contributed by atoms with Gasteiger partial charge in [0, 0.05) is 25.8 Å². The molecule has 0 unspecified atom stereocenters. The zero-order valence-corrected chi connectivity index (χ0v) is 14.4. The highest BCUT2D eigenvalue weighted by molar-refractivity contribution is 5.85. The van der Waals surface area contributed by atoms with Gasteiger partial charge in [0.2, 0.25) is 5.91 Å². The van der Waals surface area contributed by atoms with E-state index in [9.17, 15) is 18.0 Å². The largest absolute Gasteiger partial charge is 0.484 e. The maximum absolute atomic E-state index is 12.3. The second-order valence-electron chi connectivity index (χ2n) is 4.96. The van der Waals surface area contributed by atoms with Gasteiger partial charge in [-0.2, -0.15) is 13.2 Å². The summed E-state index contributed by atoms with van der Waals surface area (Å²) in [6, 6.07) is 4.91. The Morgan fingerprint density at radius 1 is 1.29 bits per heavy atom. The Morgan fingerprint density at radius 3 is 2.62 bits per heavy atom. The normalized spacial score (nSPS) is 10.9. The quantitative estimate of drug-likeness (QED) is 0.654. The highest BCUT2D eigenvalue weighted by Crippen LogP contribution is 2.23. The van der Waals surface area contributed by atoms with Crippen molar-refractivity contribution in [3.05, 3.63) is 29.3 Å². The van der Waals surface area contributed by atoms with E-state index in [4.69, 9.17) is 9.47 Å². The standard InChI is InChI=1S/C15H21F3N2O3.ClH/c1-11-3-4-12(13(7-11)23-10-15(16,17)18)8-20-14(21)9-19-5-6-22-2;/h3-4,7,19H,5-6,8-10H2,1-2H3,(H,20,21);1H. The van der Waals surface area contributed by atoms with E-state index in [2.05, 4.69) is 10.6 Å². The fourth-order valence-electron chi connectivity index (χ4n) is 1.73. The lowest BCUT2D eigenvalue weighted by Crippen LogP contribution is -2.35. The smallest absolute Gasteiger partial charge is 0.422 e. The van der Waals surface area contributed by atoms with Gasteiger partial charge in [-0.1, -0.05) is 12.1 Å². The number of benzene rings is 1. The van der Waals surface area contributed by atoms with E-state index in [0.717, 1.165) is 5.56 Å². The molecule has 24 heavy (non-hydrogen) atoms. The van der Waals surface area contributed by atoms with Gasteiger partial charge in [0.25, 0.3) is 0 Å². The van der Waals surface area contributed by atoms with E-state index in [1.165, 1.54) is 6.07 Å². The summed E-state index contributed by atoms with van der Waals surface area (Å²) in [6.07, 6.45) is -4.41. The molecule has 138 valence electrons. The van der Waals surface area contributed by atoms with Gasteiger partial charge in [-0.25, -0.2) is 0 Å². The number of alkyl halides is 3. The predicted octanol–water partition coefficient (Wildman–Crippen LogP) is 2.21. The second-order valence-corrected chi connectivity index (χ2v) is 4.96. The van der Waals surface area contributed by atoms with Crippen LogP contribution in [0.4, 0.5) is 13.2 Å². The van der Waals surface area contributed by atoms with E-state index in [1.807, 2.05) is 0 Å². The molecule has 0 spiro atoms. The minimum absolute atomic E-state index is 0. The van der Waals surface area contributed by atoms with E-state index in [1.54, 1.807) is 26.2 Å². The highest BCUT2D eigenvalue weighted by Gasteiger charge is 2.28. The zero-order chi connectivity index (χ0) is 17.3. The molecule has 9 heteroatoms. The van der Waals surface area contributed by atoms with Crippen LogP contribution in [-0.4, -0.2) is 45.5 Å². The van der Waals surface area contributed by atoms with Crippen LogP contribution in [0.3, 0.4) is 0 Å². The van der Waals surface area contributed by atoms with Gasteiger partial charge in [0.1, 0.15) is 5.75 Å². The maximum Gasteiger partial charge on any atom is 0.422 e. The Balaban J connectivity index is 0.00000529. The van der Waals surface area contributed by atoms with Crippen molar-refractivity contribution >= 4 is 18.3 Å². The van der Waals surface area contributed by atoms with E-state index >= 15 is 0 Å². The number of hydrogen-bond donors (Lipinski definition) is 2. The predicted molar refractivity (Wildman–Crippen MR) is 86.6 cm³/mol. The molecule has 0 bridgehead atoms. The summed E-state index contributed by atoms with van der Waals surface area (Å²) in [7, 11) is 1.56. The maximum atomic E-state index is 12.3. The van der Waals surface area contributed by atoms with Crippen molar-refractivity contribution in [1.29, 1.82) is 0 Å².